The Morgan fingerprint density at radius 2 is 1.01 bits per heavy atom. The number of ether oxygens (including phenoxy) is 3. The lowest BCUT2D eigenvalue weighted by Gasteiger charge is -2.57. The Labute approximate surface area is 386 Å². The molecule has 2 heterocycles. The van der Waals surface area contributed by atoms with E-state index in [0.717, 1.165) is 31.4 Å². The number of hydrogen-bond acceptors (Lipinski definition) is 5. The van der Waals surface area contributed by atoms with Crippen molar-refractivity contribution in [1.29, 1.82) is 0 Å². The van der Waals surface area contributed by atoms with E-state index in [1.54, 1.807) is 40.1 Å². The van der Waals surface area contributed by atoms with Gasteiger partial charge in [0.05, 0.1) is 56.6 Å². The van der Waals surface area contributed by atoms with Gasteiger partial charge < -0.3 is 34.6 Å². The summed E-state index contributed by atoms with van der Waals surface area (Å²) in [5, 5.41) is 6.21. The van der Waals surface area contributed by atoms with Crippen molar-refractivity contribution in [1.82, 2.24) is 20.4 Å². The summed E-state index contributed by atoms with van der Waals surface area (Å²) in [6, 6.07) is 22.5. The topological polar surface area (TPSA) is 92.4 Å². The molecule has 4 bridgehead atoms. The number of benzene rings is 4. The average molecular weight is 939 g/mol. The minimum Gasteiger partial charge on any atom is -0.497 e. The quantitative estimate of drug-likeness (QED) is 0.155. The lowest BCUT2D eigenvalue weighted by Crippen LogP contribution is -2.65. The zero-order chi connectivity index (χ0) is 47.9. The van der Waals surface area contributed by atoms with Gasteiger partial charge in [0.25, 0.3) is 0 Å². The lowest BCUT2D eigenvalue weighted by molar-refractivity contribution is -0.141. The van der Waals surface area contributed by atoms with E-state index in [4.69, 9.17) is 14.2 Å². The molecule has 0 radical (unpaired) electrons. The van der Waals surface area contributed by atoms with Gasteiger partial charge in [-0.2, -0.15) is 26.3 Å². The summed E-state index contributed by atoms with van der Waals surface area (Å²) in [5.74, 6) is 2.27. The zero-order valence-corrected chi connectivity index (χ0v) is 37.9. The Morgan fingerprint density at radius 1 is 0.612 bits per heavy atom. The molecule has 4 saturated carbocycles. The van der Waals surface area contributed by atoms with Crippen LogP contribution in [0.15, 0.2) is 97.1 Å². The molecule has 2 aliphatic heterocycles. The number of nitrogens with one attached hydrogen (secondary N) is 2. The number of likely N-dealkylation sites (tertiary alicyclic amines) is 2. The summed E-state index contributed by atoms with van der Waals surface area (Å²) < 4.78 is 113. The van der Waals surface area contributed by atoms with Crippen LogP contribution in [0.2, 0.25) is 0 Å². The summed E-state index contributed by atoms with van der Waals surface area (Å²) in [6.07, 6.45) is -4.77. The maximum absolute atomic E-state index is 13.8. The minimum absolute atomic E-state index is 0.0203. The van der Waals surface area contributed by atoms with Gasteiger partial charge in [-0.1, -0.05) is 60.7 Å². The van der Waals surface area contributed by atoms with E-state index in [-0.39, 0.29) is 40.4 Å². The maximum Gasteiger partial charge on any atom is 0.416 e. The molecule has 6 fully saturated rings. The fourth-order valence-corrected chi connectivity index (χ4v) is 10.8. The third kappa shape index (κ3) is 11.3. The summed E-state index contributed by atoms with van der Waals surface area (Å²) >= 11 is 0. The minimum atomic E-state index is -4.55. The SMILES string of the molecule is COc1ccc(C(OC2CN(C(=O)NC(C)(C)C)C2)c2ccccc2C(F)(F)F)cc1.O=C(NC12CC3CC(CC(C3)C1)C2)N1CC(OC(c2ccc(F)cc2)c2ccccc2C(F)(F)F)C1. The maximum atomic E-state index is 13.8. The molecular formula is C51H57F7N4O5. The molecule has 0 aromatic heterocycles. The van der Waals surface area contributed by atoms with Gasteiger partial charge in [0.1, 0.15) is 23.8 Å². The smallest absolute Gasteiger partial charge is 0.416 e. The number of hydrogen-bond donors (Lipinski definition) is 2. The number of carbonyl (C=O) groups excluding carboxylic acids is 2. The van der Waals surface area contributed by atoms with Crippen LogP contribution in [0.5, 0.6) is 5.75 Å². The highest BCUT2D eigenvalue weighted by atomic mass is 19.4. The molecular weight excluding hydrogens is 882 g/mol. The number of alkyl halides is 6. The van der Waals surface area contributed by atoms with Crippen molar-refractivity contribution in [2.75, 3.05) is 33.3 Å². The van der Waals surface area contributed by atoms with Gasteiger partial charge in [0, 0.05) is 11.1 Å². The van der Waals surface area contributed by atoms with Crippen molar-refractivity contribution >= 4 is 12.1 Å². The molecule has 4 aromatic rings. The first kappa shape index (κ1) is 48.1. The molecule has 0 spiro atoms. The standard InChI is InChI=1S/C28H30F4N2O2.C23H27F3N2O3/c29-21-7-5-20(6-8-21)25(23-3-1-2-4-24(23)28(30,31)32)36-22-15-34(16-22)26(35)33-27-12-17-9-18(13-27)11-19(10-17)14-27;1-22(2,3)27-21(29)28-13-17(14-28)31-20(15-9-11-16(30-4)12-10-15)18-7-5-6-8-19(18)23(24,25)26/h1-8,17-19,22,25H,9-16H2,(H,33,35);5-12,17,20H,13-14H2,1-4H3,(H,27,29). The number of urea groups is 2. The van der Waals surface area contributed by atoms with Gasteiger partial charge in [-0.3, -0.25) is 0 Å². The first-order chi connectivity index (χ1) is 31.6. The third-order valence-corrected chi connectivity index (χ3v) is 13.5. The van der Waals surface area contributed by atoms with Crippen LogP contribution in [0.1, 0.15) is 105 Å². The first-order valence-corrected chi connectivity index (χ1v) is 22.8. The normalized spacial score (nSPS) is 23.6. The summed E-state index contributed by atoms with van der Waals surface area (Å²) in [4.78, 5) is 28.6. The average Bonchev–Trinajstić information content (AvgIpc) is 3.22. The van der Waals surface area contributed by atoms with Gasteiger partial charge in [-0.25, -0.2) is 14.0 Å². The molecule has 10 rings (SSSR count). The monoisotopic (exact) mass is 938 g/mol. The highest BCUT2D eigenvalue weighted by molar-refractivity contribution is 5.76. The molecule has 4 aliphatic carbocycles. The first-order valence-electron chi connectivity index (χ1n) is 22.8. The number of halogens is 7. The van der Waals surface area contributed by atoms with Gasteiger partial charge in [0.2, 0.25) is 0 Å². The van der Waals surface area contributed by atoms with Gasteiger partial charge >= 0.3 is 24.4 Å². The Kier molecular flexibility index (Phi) is 13.6. The van der Waals surface area contributed by atoms with Crippen molar-refractivity contribution in [3.63, 3.8) is 0 Å². The number of methoxy groups -OCH3 is 1. The summed E-state index contributed by atoms with van der Waals surface area (Å²) in [7, 11) is 1.52. The highest BCUT2D eigenvalue weighted by Crippen LogP contribution is 2.56. The van der Waals surface area contributed by atoms with E-state index < -0.39 is 47.6 Å². The fourth-order valence-electron chi connectivity index (χ4n) is 10.8. The lowest BCUT2D eigenvalue weighted by atomic mass is 9.53. The van der Waals surface area contributed by atoms with Crippen molar-refractivity contribution in [3.8, 4) is 5.75 Å². The fraction of sp³-hybridized carbons (Fsp3) is 0.490. The van der Waals surface area contributed by atoms with E-state index >= 15 is 0 Å². The summed E-state index contributed by atoms with van der Waals surface area (Å²) in [6.45, 7) is 6.88. The highest BCUT2D eigenvalue weighted by Gasteiger charge is 2.52. The van der Waals surface area contributed by atoms with E-state index in [0.29, 0.717) is 60.8 Å². The van der Waals surface area contributed by atoms with Crippen LogP contribution in [0.3, 0.4) is 0 Å². The van der Waals surface area contributed by atoms with Gasteiger partial charge in [-0.05, 0) is 136 Å². The van der Waals surface area contributed by atoms with E-state index in [2.05, 4.69) is 10.6 Å². The predicted octanol–water partition coefficient (Wildman–Crippen LogP) is 11.3. The van der Waals surface area contributed by atoms with Gasteiger partial charge in [0.15, 0.2) is 0 Å². The van der Waals surface area contributed by atoms with Crippen LogP contribution in [0.4, 0.5) is 40.3 Å². The largest absolute Gasteiger partial charge is 0.497 e. The van der Waals surface area contributed by atoms with E-state index in [1.165, 1.54) is 81.0 Å². The van der Waals surface area contributed by atoms with Crippen LogP contribution in [0.25, 0.3) is 0 Å². The molecule has 360 valence electrons. The third-order valence-electron chi connectivity index (χ3n) is 13.5. The van der Waals surface area contributed by atoms with Crippen LogP contribution < -0.4 is 15.4 Å². The molecule has 6 aliphatic rings. The molecule has 4 amide bonds. The molecule has 67 heavy (non-hydrogen) atoms. The second-order valence-electron chi connectivity index (χ2n) is 19.9. The molecule has 2 N–H and O–H groups in total. The summed E-state index contributed by atoms with van der Waals surface area (Å²) in [5.41, 5.74) is -0.960. The number of amides is 4. The van der Waals surface area contributed by atoms with E-state index in [1.807, 2.05) is 20.8 Å². The second kappa shape index (κ2) is 19.0. The zero-order valence-electron chi connectivity index (χ0n) is 37.9. The Balaban J connectivity index is 0.000000184. The van der Waals surface area contributed by atoms with E-state index in [9.17, 15) is 40.3 Å². The Hall–Kier alpha value is -5.35. The molecule has 2 unspecified atom stereocenters. The Morgan fingerprint density at radius 3 is 1.42 bits per heavy atom. The van der Waals surface area contributed by atoms with Crippen LogP contribution >= 0.6 is 0 Å². The number of rotatable bonds is 10. The molecule has 9 nitrogen and oxygen atoms in total. The van der Waals surface area contributed by atoms with Crippen LogP contribution in [-0.2, 0) is 21.8 Å². The predicted molar refractivity (Wildman–Crippen MR) is 237 cm³/mol. The molecule has 2 atom stereocenters. The number of nitrogens with zero attached hydrogens (tertiary/aromatic N) is 2. The molecule has 16 heteroatoms. The molecule has 2 saturated heterocycles. The van der Waals surface area contributed by atoms with Crippen LogP contribution in [0, 0.1) is 23.6 Å². The number of carbonyl (C=O) groups is 2. The van der Waals surface area contributed by atoms with Crippen molar-refractivity contribution < 1.29 is 54.5 Å². The Bertz CT molecular complexity index is 2320. The van der Waals surface area contributed by atoms with Crippen molar-refractivity contribution in [3.05, 3.63) is 136 Å². The van der Waals surface area contributed by atoms with Gasteiger partial charge in [-0.15, -0.1) is 0 Å². The van der Waals surface area contributed by atoms with Crippen molar-refractivity contribution in [2.45, 2.75) is 107 Å². The van der Waals surface area contributed by atoms with Crippen LogP contribution in [-0.4, -0.2) is 78.4 Å². The van der Waals surface area contributed by atoms with Crippen molar-refractivity contribution in [2.24, 2.45) is 17.8 Å². The second-order valence-corrected chi connectivity index (χ2v) is 19.9. The molecule has 4 aromatic carbocycles.